The highest BCUT2D eigenvalue weighted by molar-refractivity contribution is 5.84. The van der Waals surface area contributed by atoms with Crippen LogP contribution in [0.1, 0.15) is 19.8 Å². The van der Waals surface area contributed by atoms with Crippen LogP contribution in [0, 0.1) is 5.92 Å². The Balaban J connectivity index is 1.68. The van der Waals surface area contributed by atoms with Crippen molar-refractivity contribution in [3.8, 4) is 11.6 Å². The Bertz CT molecular complexity index is 893. The topological polar surface area (TPSA) is 77.2 Å². The van der Waals surface area contributed by atoms with Crippen LogP contribution < -0.4 is 15.4 Å². The SMILES string of the molecule is C[C@H]1CCCN(c2ncnc(Oc3cccc4cccnc34)c2N)C1. The summed E-state index contributed by atoms with van der Waals surface area (Å²) >= 11 is 0. The van der Waals surface area contributed by atoms with Crippen molar-refractivity contribution >= 4 is 22.4 Å². The Morgan fingerprint density at radius 3 is 2.92 bits per heavy atom. The maximum atomic E-state index is 6.34. The number of nitrogens with two attached hydrogens (primary N) is 1. The Hall–Kier alpha value is -2.89. The van der Waals surface area contributed by atoms with Crippen molar-refractivity contribution in [2.45, 2.75) is 19.8 Å². The highest BCUT2D eigenvalue weighted by Crippen LogP contribution is 2.35. The van der Waals surface area contributed by atoms with Crippen molar-refractivity contribution in [1.29, 1.82) is 0 Å². The van der Waals surface area contributed by atoms with E-state index in [1.54, 1.807) is 6.20 Å². The molecule has 0 bridgehead atoms. The van der Waals surface area contributed by atoms with Gasteiger partial charge in [-0.3, -0.25) is 4.98 Å². The quantitative estimate of drug-likeness (QED) is 0.787. The number of nitrogens with zero attached hydrogens (tertiary/aromatic N) is 4. The second kappa shape index (κ2) is 6.55. The molecule has 25 heavy (non-hydrogen) atoms. The molecular weight excluding hydrogens is 314 g/mol. The van der Waals surface area contributed by atoms with E-state index >= 15 is 0 Å². The number of pyridine rings is 1. The van der Waals surface area contributed by atoms with E-state index in [0.29, 0.717) is 23.2 Å². The molecule has 0 amide bonds. The summed E-state index contributed by atoms with van der Waals surface area (Å²) in [6.45, 7) is 4.17. The van der Waals surface area contributed by atoms with Gasteiger partial charge in [-0.05, 0) is 30.9 Å². The number of anilines is 2. The number of ether oxygens (including phenoxy) is 1. The minimum absolute atomic E-state index is 0.376. The summed E-state index contributed by atoms with van der Waals surface area (Å²) in [5.74, 6) is 2.40. The van der Waals surface area contributed by atoms with Gasteiger partial charge in [-0.15, -0.1) is 0 Å². The van der Waals surface area contributed by atoms with Crippen molar-refractivity contribution in [3.05, 3.63) is 42.9 Å². The molecule has 6 nitrogen and oxygen atoms in total. The molecule has 2 N–H and O–H groups in total. The van der Waals surface area contributed by atoms with Crippen LogP contribution in [0.3, 0.4) is 0 Å². The Kier molecular flexibility index (Phi) is 4.09. The van der Waals surface area contributed by atoms with Gasteiger partial charge in [0.1, 0.15) is 17.5 Å². The number of rotatable bonds is 3. The number of hydrogen-bond acceptors (Lipinski definition) is 6. The summed E-state index contributed by atoms with van der Waals surface area (Å²) in [5, 5.41) is 1.01. The summed E-state index contributed by atoms with van der Waals surface area (Å²) in [4.78, 5) is 15.3. The lowest BCUT2D eigenvalue weighted by Crippen LogP contribution is -2.35. The molecule has 3 heterocycles. The Morgan fingerprint density at radius 2 is 2.04 bits per heavy atom. The Morgan fingerprint density at radius 1 is 1.16 bits per heavy atom. The molecule has 1 fully saturated rings. The van der Waals surface area contributed by atoms with Crippen LogP contribution in [-0.2, 0) is 0 Å². The fraction of sp³-hybridized carbons (Fsp3) is 0.316. The molecule has 4 rings (SSSR count). The van der Waals surface area contributed by atoms with Crippen LogP contribution in [-0.4, -0.2) is 28.0 Å². The van der Waals surface area contributed by atoms with E-state index in [0.717, 1.165) is 36.2 Å². The van der Waals surface area contributed by atoms with Crippen LogP contribution in [0.15, 0.2) is 42.9 Å². The van der Waals surface area contributed by atoms with Crippen molar-refractivity contribution < 1.29 is 4.74 Å². The monoisotopic (exact) mass is 335 g/mol. The fourth-order valence-corrected chi connectivity index (χ4v) is 3.35. The number of nitrogen functional groups attached to an aromatic ring is 1. The summed E-state index contributed by atoms with van der Waals surface area (Å²) in [5.41, 5.74) is 7.60. The highest BCUT2D eigenvalue weighted by Gasteiger charge is 2.22. The zero-order valence-electron chi connectivity index (χ0n) is 14.2. The fourth-order valence-electron chi connectivity index (χ4n) is 3.35. The molecule has 2 aromatic heterocycles. The molecule has 0 unspecified atom stereocenters. The van der Waals surface area contributed by atoms with E-state index in [1.807, 2.05) is 30.3 Å². The molecular formula is C19H21N5O. The van der Waals surface area contributed by atoms with Crippen LogP contribution in [0.4, 0.5) is 11.5 Å². The number of aromatic nitrogens is 3. The van der Waals surface area contributed by atoms with Gasteiger partial charge >= 0.3 is 0 Å². The van der Waals surface area contributed by atoms with Crippen LogP contribution >= 0.6 is 0 Å². The molecule has 0 radical (unpaired) electrons. The van der Waals surface area contributed by atoms with E-state index < -0.39 is 0 Å². The molecule has 1 aromatic carbocycles. The first-order valence-corrected chi connectivity index (χ1v) is 8.59. The summed E-state index contributed by atoms with van der Waals surface area (Å²) in [6, 6.07) is 9.71. The minimum Gasteiger partial charge on any atom is -0.435 e. The van der Waals surface area contributed by atoms with E-state index in [1.165, 1.54) is 12.7 Å². The summed E-state index contributed by atoms with van der Waals surface area (Å²) in [7, 11) is 0. The van der Waals surface area contributed by atoms with E-state index in [2.05, 4.69) is 26.8 Å². The number of benzene rings is 1. The molecule has 128 valence electrons. The van der Waals surface area contributed by atoms with E-state index in [9.17, 15) is 0 Å². The standard InChI is InChI=1S/C19H21N5O/c1-13-5-4-10-24(11-13)18-16(20)19(23-12-22-18)25-15-8-2-6-14-7-3-9-21-17(14)15/h2-3,6-9,12-13H,4-5,10-11,20H2,1H3/t13-/m0/s1. The van der Waals surface area contributed by atoms with Crippen molar-refractivity contribution in [2.24, 2.45) is 5.92 Å². The van der Waals surface area contributed by atoms with Gasteiger partial charge in [0.05, 0.1) is 0 Å². The minimum atomic E-state index is 0.376. The second-order valence-corrected chi connectivity index (χ2v) is 6.54. The number of hydrogen-bond donors (Lipinski definition) is 1. The van der Waals surface area contributed by atoms with Crippen molar-refractivity contribution in [1.82, 2.24) is 15.0 Å². The molecule has 6 heteroatoms. The first-order valence-electron chi connectivity index (χ1n) is 8.59. The first-order chi connectivity index (χ1) is 12.2. The third-order valence-corrected chi connectivity index (χ3v) is 4.59. The van der Waals surface area contributed by atoms with Gasteiger partial charge in [0.15, 0.2) is 11.6 Å². The number of piperidine rings is 1. The predicted molar refractivity (Wildman–Crippen MR) is 98.9 cm³/mol. The highest BCUT2D eigenvalue weighted by atomic mass is 16.5. The molecule has 0 saturated carbocycles. The largest absolute Gasteiger partial charge is 0.435 e. The molecule has 1 aliphatic heterocycles. The zero-order valence-corrected chi connectivity index (χ0v) is 14.2. The van der Waals surface area contributed by atoms with Crippen LogP contribution in [0.25, 0.3) is 10.9 Å². The molecule has 0 aliphatic carbocycles. The van der Waals surface area contributed by atoms with Gasteiger partial charge in [-0.25, -0.2) is 4.98 Å². The molecule has 1 atom stereocenters. The molecule has 3 aromatic rings. The van der Waals surface area contributed by atoms with Gasteiger partial charge in [0.25, 0.3) is 0 Å². The van der Waals surface area contributed by atoms with E-state index in [4.69, 9.17) is 10.5 Å². The first kappa shape index (κ1) is 15.6. The number of fused-ring (bicyclic) bond motifs is 1. The van der Waals surface area contributed by atoms with Crippen molar-refractivity contribution in [3.63, 3.8) is 0 Å². The van der Waals surface area contributed by atoms with Crippen LogP contribution in [0.2, 0.25) is 0 Å². The van der Waals surface area contributed by atoms with Crippen molar-refractivity contribution in [2.75, 3.05) is 23.7 Å². The van der Waals surface area contributed by atoms with Gasteiger partial charge in [-0.2, -0.15) is 4.98 Å². The average molecular weight is 335 g/mol. The van der Waals surface area contributed by atoms with Crippen LogP contribution in [0.5, 0.6) is 11.6 Å². The Labute approximate surface area is 146 Å². The smallest absolute Gasteiger partial charge is 0.248 e. The lowest BCUT2D eigenvalue weighted by atomic mass is 10.0. The lowest BCUT2D eigenvalue weighted by Gasteiger charge is -2.32. The molecule has 1 aliphatic rings. The van der Waals surface area contributed by atoms with E-state index in [-0.39, 0.29) is 0 Å². The third kappa shape index (κ3) is 3.07. The van der Waals surface area contributed by atoms with Gasteiger partial charge in [-0.1, -0.05) is 25.1 Å². The lowest BCUT2D eigenvalue weighted by molar-refractivity contribution is 0.441. The maximum absolute atomic E-state index is 6.34. The third-order valence-electron chi connectivity index (χ3n) is 4.59. The number of para-hydroxylation sites is 1. The summed E-state index contributed by atoms with van der Waals surface area (Å²) < 4.78 is 6.02. The van der Waals surface area contributed by atoms with Gasteiger partial charge in [0, 0.05) is 24.7 Å². The zero-order chi connectivity index (χ0) is 17.2. The van der Waals surface area contributed by atoms with Gasteiger partial charge in [0.2, 0.25) is 5.88 Å². The summed E-state index contributed by atoms with van der Waals surface area (Å²) in [6.07, 6.45) is 5.65. The normalized spacial score (nSPS) is 17.6. The van der Waals surface area contributed by atoms with Gasteiger partial charge < -0.3 is 15.4 Å². The molecule has 0 spiro atoms. The second-order valence-electron chi connectivity index (χ2n) is 6.54. The molecule has 1 saturated heterocycles. The maximum Gasteiger partial charge on any atom is 0.248 e. The predicted octanol–water partition coefficient (Wildman–Crippen LogP) is 3.64. The average Bonchev–Trinajstić information content (AvgIpc) is 2.64.